The molecule has 1 amide bonds. The Morgan fingerprint density at radius 2 is 2.16 bits per heavy atom. The summed E-state index contributed by atoms with van der Waals surface area (Å²) in [5.41, 5.74) is 0.866. The van der Waals surface area contributed by atoms with E-state index in [9.17, 15) is 4.79 Å². The van der Waals surface area contributed by atoms with Crippen LogP contribution in [0.4, 0.5) is 0 Å². The fourth-order valence-electron chi connectivity index (χ4n) is 3.64. The van der Waals surface area contributed by atoms with Crippen molar-refractivity contribution in [2.45, 2.75) is 44.8 Å². The van der Waals surface area contributed by atoms with Gasteiger partial charge in [-0.25, -0.2) is 0 Å². The first-order valence-electron chi connectivity index (χ1n) is 10.6. The summed E-state index contributed by atoms with van der Waals surface area (Å²) in [5.74, 6) is 2.00. The van der Waals surface area contributed by atoms with Crippen molar-refractivity contribution in [3.8, 4) is 17.1 Å². The highest BCUT2D eigenvalue weighted by atomic mass is 32.1. The first kappa shape index (κ1) is 21.5. The summed E-state index contributed by atoms with van der Waals surface area (Å²) in [5, 5.41) is 6.10. The van der Waals surface area contributed by atoms with Gasteiger partial charge in [0.1, 0.15) is 5.75 Å². The van der Waals surface area contributed by atoms with E-state index in [1.165, 1.54) is 4.88 Å². The Bertz CT molecular complexity index is 950. The van der Waals surface area contributed by atoms with Crippen LogP contribution in [0.2, 0.25) is 0 Å². The topological polar surface area (TPSA) is 77.7 Å². The van der Waals surface area contributed by atoms with Crippen LogP contribution >= 0.6 is 11.3 Å². The molecule has 0 saturated carbocycles. The first-order chi connectivity index (χ1) is 15.2. The van der Waals surface area contributed by atoms with Crippen molar-refractivity contribution in [1.82, 2.24) is 15.0 Å². The third kappa shape index (κ3) is 5.92. The average Bonchev–Trinajstić information content (AvgIpc) is 3.57. The molecule has 0 radical (unpaired) electrons. The second-order valence-electron chi connectivity index (χ2n) is 7.58. The SMILES string of the molecule is COc1ccc(-c2noc(CCCC(=O)N(Cc3cccs3)CC3CCCO3)n2)cc1. The van der Waals surface area contributed by atoms with Gasteiger partial charge in [0.15, 0.2) is 0 Å². The van der Waals surface area contributed by atoms with Crippen molar-refractivity contribution in [3.63, 3.8) is 0 Å². The first-order valence-corrected chi connectivity index (χ1v) is 11.5. The van der Waals surface area contributed by atoms with Gasteiger partial charge in [0.25, 0.3) is 0 Å². The van der Waals surface area contributed by atoms with Crippen LogP contribution in [-0.4, -0.2) is 47.3 Å². The summed E-state index contributed by atoms with van der Waals surface area (Å²) in [6.07, 6.45) is 3.91. The number of hydrogen-bond donors (Lipinski definition) is 0. The number of nitrogens with zero attached hydrogens (tertiary/aromatic N) is 3. The molecule has 1 aromatic carbocycles. The Hall–Kier alpha value is -2.71. The highest BCUT2D eigenvalue weighted by Crippen LogP contribution is 2.21. The molecule has 1 atom stereocenters. The van der Waals surface area contributed by atoms with Crippen molar-refractivity contribution < 1.29 is 18.8 Å². The van der Waals surface area contributed by atoms with Crippen LogP contribution in [0.15, 0.2) is 46.3 Å². The molecule has 8 heteroatoms. The van der Waals surface area contributed by atoms with Crippen LogP contribution < -0.4 is 4.74 Å². The largest absolute Gasteiger partial charge is 0.497 e. The van der Waals surface area contributed by atoms with Gasteiger partial charge >= 0.3 is 0 Å². The second-order valence-corrected chi connectivity index (χ2v) is 8.61. The van der Waals surface area contributed by atoms with Crippen LogP contribution in [0.25, 0.3) is 11.4 Å². The van der Waals surface area contributed by atoms with Crippen molar-refractivity contribution >= 4 is 17.2 Å². The number of amides is 1. The number of ether oxygens (including phenoxy) is 2. The number of methoxy groups -OCH3 is 1. The van der Waals surface area contributed by atoms with E-state index in [-0.39, 0.29) is 12.0 Å². The lowest BCUT2D eigenvalue weighted by Crippen LogP contribution is -2.36. The monoisotopic (exact) mass is 441 g/mol. The predicted molar refractivity (Wildman–Crippen MR) is 118 cm³/mol. The Morgan fingerprint density at radius 3 is 2.87 bits per heavy atom. The number of rotatable bonds is 10. The summed E-state index contributed by atoms with van der Waals surface area (Å²) in [4.78, 5) is 20.5. The maximum absolute atomic E-state index is 12.9. The molecule has 31 heavy (non-hydrogen) atoms. The summed E-state index contributed by atoms with van der Waals surface area (Å²) in [6, 6.07) is 11.6. The zero-order chi connectivity index (χ0) is 21.5. The van der Waals surface area contributed by atoms with Gasteiger partial charge in [-0.05, 0) is 55.0 Å². The third-order valence-electron chi connectivity index (χ3n) is 5.33. The van der Waals surface area contributed by atoms with Gasteiger partial charge in [0, 0.05) is 36.4 Å². The zero-order valence-electron chi connectivity index (χ0n) is 17.7. The number of carbonyl (C=O) groups is 1. The minimum Gasteiger partial charge on any atom is -0.497 e. The molecular weight excluding hydrogens is 414 g/mol. The second kappa shape index (κ2) is 10.5. The molecule has 0 spiro atoms. The van der Waals surface area contributed by atoms with Crippen LogP contribution in [0.3, 0.4) is 0 Å². The smallest absolute Gasteiger partial charge is 0.226 e. The lowest BCUT2D eigenvalue weighted by Gasteiger charge is -2.25. The van der Waals surface area contributed by atoms with Crippen LogP contribution in [-0.2, 0) is 22.5 Å². The van der Waals surface area contributed by atoms with Crippen molar-refractivity contribution in [2.75, 3.05) is 20.3 Å². The Morgan fingerprint density at radius 1 is 1.29 bits per heavy atom. The van der Waals surface area contributed by atoms with E-state index in [0.717, 1.165) is 30.8 Å². The highest BCUT2D eigenvalue weighted by Gasteiger charge is 2.23. The van der Waals surface area contributed by atoms with Gasteiger partial charge in [0.05, 0.1) is 19.8 Å². The standard InChI is InChI=1S/C23H27N3O4S/c1-28-18-11-9-17(10-12-18)23-24-21(30-25-23)7-2-8-22(27)26(15-19-5-3-13-29-19)16-20-6-4-14-31-20/h4,6,9-12,14,19H,2-3,5,7-8,13,15-16H2,1H3. The summed E-state index contributed by atoms with van der Waals surface area (Å²) in [7, 11) is 1.63. The molecule has 1 aliphatic rings. The van der Waals surface area contributed by atoms with Crippen LogP contribution in [0.5, 0.6) is 5.75 Å². The third-order valence-corrected chi connectivity index (χ3v) is 6.19. The van der Waals surface area contributed by atoms with Crippen molar-refractivity contribution in [3.05, 3.63) is 52.5 Å². The van der Waals surface area contributed by atoms with Crippen LogP contribution in [0.1, 0.15) is 36.5 Å². The molecule has 1 aliphatic heterocycles. The molecule has 4 rings (SSSR count). The number of benzene rings is 1. The highest BCUT2D eigenvalue weighted by molar-refractivity contribution is 7.09. The van der Waals surface area contributed by atoms with Gasteiger partial charge in [-0.2, -0.15) is 4.98 Å². The number of aromatic nitrogens is 2. The van der Waals surface area contributed by atoms with Gasteiger partial charge < -0.3 is 18.9 Å². The molecule has 164 valence electrons. The van der Waals surface area contributed by atoms with E-state index in [1.807, 2.05) is 40.6 Å². The van der Waals surface area contributed by atoms with E-state index >= 15 is 0 Å². The molecular formula is C23H27N3O4S. The maximum Gasteiger partial charge on any atom is 0.226 e. The molecule has 0 N–H and O–H groups in total. The average molecular weight is 442 g/mol. The van der Waals surface area contributed by atoms with E-state index in [1.54, 1.807) is 18.4 Å². The van der Waals surface area contributed by atoms with Gasteiger partial charge in [-0.15, -0.1) is 11.3 Å². The molecule has 3 aromatic rings. The van der Waals surface area contributed by atoms with E-state index in [0.29, 0.717) is 44.1 Å². The summed E-state index contributed by atoms with van der Waals surface area (Å²) in [6.45, 7) is 2.08. The molecule has 2 aromatic heterocycles. The lowest BCUT2D eigenvalue weighted by molar-refractivity contribution is -0.133. The normalized spacial score (nSPS) is 15.8. The number of thiophene rings is 1. The molecule has 1 fully saturated rings. The number of hydrogen-bond acceptors (Lipinski definition) is 7. The fourth-order valence-corrected chi connectivity index (χ4v) is 4.36. The number of carbonyl (C=O) groups excluding carboxylic acids is 1. The Kier molecular flexibility index (Phi) is 7.32. The molecule has 0 aliphatic carbocycles. The van der Waals surface area contributed by atoms with E-state index < -0.39 is 0 Å². The summed E-state index contributed by atoms with van der Waals surface area (Å²) < 4.78 is 16.3. The quantitative estimate of drug-likeness (QED) is 0.466. The van der Waals surface area contributed by atoms with Crippen molar-refractivity contribution in [1.29, 1.82) is 0 Å². The maximum atomic E-state index is 12.9. The van der Waals surface area contributed by atoms with Gasteiger partial charge in [0.2, 0.25) is 17.6 Å². The van der Waals surface area contributed by atoms with Crippen molar-refractivity contribution in [2.24, 2.45) is 0 Å². The fraction of sp³-hybridized carbons (Fsp3) is 0.435. The minimum atomic E-state index is 0.138. The predicted octanol–water partition coefficient (Wildman–Crippen LogP) is 4.34. The van der Waals surface area contributed by atoms with Crippen LogP contribution in [0, 0.1) is 0 Å². The van der Waals surface area contributed by atoms with E-state index in [2.05, 4.69) is 16.2 Å². The molecule has 1 unspecified atom stereocenters. The van der Waals surface area contributed by atoms with Gasteiger partial charge in [-0.3, -0.25) is 4.79 Å². The van der Waals surface area contributed by atoms with Gasteiger partial charge in [-0.1, -0.05) is 11.2 Å². The Labute approximate surface area is 186 Å². The molecule has 1 saturated heterocycles. The molecule has 7 nitrogen and oxygen atoms in total. The minimum absolute atomic E-state index is 0.138. The Balaban J connectivity index is 1.30. The molecule has 3 heterocycles. The zero-order valence-corrected chi connectivity index (χ0v) is 18.5. The molecule has 0 bridgehead atoms. The number of aryl methyl sites for hydroxylation is 1. The summed E-state index contributed by atoms with van der Waals surface area (Å²) >= 11 is 1.67. The lowest BCUT2D eigenvalue weighted by atomic mass is 10.2. The van der Waals surface area contributed by atoms with E-state index in [4.69, 9.17) is 14.0 Å².